The summed E-state index contributed by atoms with van der Waals surface area (Å²) in [5.74, 6) is 2.63. The van der Waals surface area contributed by atoms with Crippen molar-refractivity contribution in [3.63, 3.8) is 0 Å². The van der Waals surface area contributed by atoms with Crippen molar-refractivity contribution in [3.05, 3.63) is 35.7 Å². The maximum absolute atomic E-state index is 13.0. The number of amides is 1. The average Bonchev–Trinajstić information content (AvgIpc) is 3.33. The van der Waals surface area contributed by atoms with Gasteiger partial charge in [0.05, 0.1) is 24.3 Å². The molecule has 0 saturated heterocycles. The molecule has 132 valence electrons. The number of pyridine rings is 1. The Balaban J connectivity index is 1.67. The molecule has 1 aliphatic heterocycles. The third-order valence-corrected chi connectivity index (χ3v) is 4.81. The van der Waals surface area contributed by atoms with Crippen molar-refractivity contribution in [2.75, 3.05) is 6.54 Å². The van der Waals surface area contributed by atoms with Gasteiger partial charge in [-0.1, -0.05) is 13.8 Å². The smallest absolute Gasteiger partial charge is 0.256 e. The third-order valence-electron chi connectivity index (χ3n) is 4.81. The van der Waals surface area contributed by atoms with Crippen LogP contribution in [0, 0.1) is 5.92 Å². The van der Waals surface area contributed by atoms with Gasteiger partial charge in [-0.3, -0.25) is 9.78 Å². The van der Waals surface area contributed by atoms with Crippen LogP contribution in [-0.2, 0) is 6.54 Å². The van der Waals surface area contributed by atoms with Gasteiger partial charge in [0.25, 0.3) is 5.91 Å². The molecule has 2 aromatic heterocycles. The van der Waals surface area contributed by atoms with E-state index >= 15 is 0 Å². The van der Waals surface area contributed by atoms with E-state index in [1.165, 1.54) is 18.5 Å². The molecular weight excluding hydrogens is 318 g/mol. The van der Waals surface area contributed by atoms with Crippen molar-refractivity contribution < 1.29 is 9.90 Å². The first kappa shape index (κ1) is 16.1. The average molecular weight is 341 g/mol. The van der Waals surface area contributed by atoms with Crippen LogP contribution in [0.1, 0.15) is 67.1 Å². The second-order valence-corrected chi connectivity index (χ2v) is 7.40. The molecule has 1 saturated carbocycles. The van der Waals surface area contributed by atoms with Crippen molar-refractivity contribution in [1.29, 1.82) is 0 Å². The second-order valence-electron chi connectivity index (χ2n) is 7.40. The molecule has 2 aromatic rings. The van der Waals surface area contributed by atoms with Crippen molar-refractivity contribution in [1.82, 2.24) is 24.6 Å². The van der Waals surface area contributed by atoms with E-state index in [2.05, 4.69) is 23.9 Å². The number of hydrogen-bond acceptors (Lipinski definition) is 5. The number of carbonyl (C=O) groups excluding carboxylic acids is 1. The lowest BCUT2D eigenvalue weighted by atomic mass is 9.99. The fraction of sp³-hybridized carbons (Fsp3) is 0.556. The summed E-state index contributed by atoms with van der Waals surface area (Å²) in [6.07, 6.45) is 5.99. The Bertz CT molecular complexity index is 797. The van der Waals surface area contributed by atoms with Crippen molar-refractivity contribution in [2.45, 2.75) is 51.6 Å². The molecule has 7 heteroatoms. The topological polar surface area (TPSA) is 84.1 Å². The van der Waals surface area contributed by atoms with Gasteiger partial charge in [-0.2, -0.15) is 5.10 Å². The Labute approximate surface area is 146 Å². The molecule has 0 unspecified atom stereocenters. The summed E-state index contributed by atoms with van der Waals surface area (Å²) in [7, 11) is 0. The van der Waals surface area contributed by atoms with E-state index in [4.69, 9.17) is 4.98 Å². The van der Waals surface area contributed by atoms with E-state index in [0.29, 0.717) is 30.5 Å². The predicted octanol–water partition coefficient (Wildman–Crippen LogP) is 2.50. The lowest BCUT2D eigenvalue weighted by Gasteiger charge is -2.36. The number of carbonyl (C=O) groups is 1. The second kappa shape index (κ2) is 6.13. The molecule has 0 bridgehead atoms. The highest BCUT2D eigenvalue weighted by Crippen LogP contribution is 2.40. The van der Waals surface area contributed by atoms with E-state index in [1.807, 2.05) is 9.58 Å². The molecule has 1 aliphatic carbocycles. The molecule has 3 heterocycles. The number of aromatic nitrogens is 4. The highest BCUT2D eigenvalue weighted by atomic mass is 16.3. The number of nitrogens with zero attached hydrogens (tertiary/aromatic N) is 5. The van der Waals surface area contributed by atoms with E-state index in [0.717, 1.165) is 30.9 Å². The zero-order valence-electron chi connectivity index (χ0n) is 14.6. The summed E-state index contributed by atoms with van der Waals surface area (Å²) in [6, 6.07) is 1.38. The van der Waals surface area contributed by atoms with Crippen LogP contribution in [0.5, 0.6) is 5.75 Å². The van der Waals surface area contributed by atoms with E-state index < -0.39 is 0 Å². The molecule has 1 atom stereocenters. The summed E-state index contributed by atoms with van der Waals surface area (Å²) in [5, 5.41) is 14.3. The third kappa shape index (κ3) is 3.10. The maximum Gasteiger partial charge on any atom is 0.256 e. The Morgan fingerprint density at radius 3 is 2.80 bits per heavy atom. The maximum atomic E-state index is 13.0. The summed E-state index contributed by atoms with van der Waals surface area (Å²) in [5.41, 5.74) is 0.407. The molecular formula is C18H23N5O2. The molecule has 0 radical (unpaired) electrons. The highest BCUT2D eigenvalue weighted by molar-refractivity contribution is 5.94. The molecule has 1 N–H and O–H groups in total. The van der Waals surface area contributed by atoms with Gasteiger partial charge in [0, 0.05) is 18.7 Å². The normalized spacial score (nSPS) is 20.0. The van der Waals surface area contributed by atoms with Crippen molar-refractivity contribution in [2.24, 2.45) is 5.92 Å². The SMILES string of the molecule is CC(C)C[C@H]1c2nc(C3CC3)nn2CCN1C(=O)c1cncc(O)c1. The van der Waals surface area contributed by atoms with Gasteiger partial charge in [-0.15, -0.1) is 0 Å². The minimum absolute atomic E-state index is 0.00227. The summed E-state index contributed by atoms with van der Waals surface area (Å²) in [4.78, 5) is 23.6. The van der Waals surface area contributed by atoms with Gasteiger partial charge >= 0.3 is 0 Å². The summed E-state index contributed by atoms with van der Waals surface area (Å²) >= 11 is 0. The zero-order valence-corrected chi connectivity index (χ0v) is 14.6. The monoisotopic (exact) mass is 341 g/mol. The Morgan fingerprint density at radius 1 is 1.32 bits per heavy atom. The first-order valence-corrected chi connectivity index (χ1v) is 8.92. The van der Waals surface area contributed by atoms with Crippen molar-refractivity contribution in [3.8, 4) is 5.75 Å². The van der Waals surface area contributed by atoms with Gasteiger partial charge < -0.3 is 10.0 Å². The van der Waals surface area contributed by atoms with Gasteiger partial charge in [-0.25, -0.2) is 9.67 Å². The molecule has 2 aliphatic rings. The number of rotatable bonds is 4. The minimum Gasteiger partial charge on any atom is -0.506 e. The first-order chi connectivity index (χ1) is 12.0. The first-order valence-electron chi connectivity index (χ1n) is 8.92. The van der Waals surface area contributed by atoms with Gasteiger partial charge in [-0.05, 0) is 31.2 Å². The Hall–Kier alpha value is -2.44. The van der Waals surface area contributed by atoms with Gasteiger partial charge in [0.15, 0.2) is 5.82 Å². The van der Waals surface area contributed by atoms with E-state index in [1.54, 1.807) is 0 Å². The van der Waals surface area contributed by atoms with Crippen LogP contribution in [0.25, 0.3) is 0 Å². The molecule has 7 nitrogen and oxygen atoms in total. The standard InChI is InChI=1S/C18H23N5O2/c1-11(2)7-15-17-20-16(12-3-4-12)21-23(17)6-5-22(15)18(25)13-8-14(24)10-19-9-13/h8-12,15,24H,3-7H2,1-2H3/t15-/m0/s1. The zero-order chi connectivity index (χ0) is 17.6. The molecule has 1 amide bonds. The van der Waals surface area contributed by atoms with Crippen LogP contribution in [0.4, 0.5) is 0 Å². The van der Waals surface area contributed by atoms with Crippen LogP contribution in [0.3, 0.4) is 0 Å². The number of hydrogen-bond donors (Lipinski definition) is 1. The molecule has 0 spiro atoms. The number of aromatic hydroxyl groups is 1. The van der Waals surface area contributed by atoms with Gasteiger partial charge in [0.1, 0.15) is 11.6 Å². The van der Waals surface area contributed by atoms with Crippen molar-refractivity contribution >= 4 is 5.91 Å². The van der Waals surface area contributed by atoms with Crippen LogP contribution in [-0.4, -0.2) is 42.2 Å². The van der Waals surface area contributed by atoms with Crippen LogP contribution < -0.4 is 0 Å². The minimum atomic E-state index is -0.115. The summed E-state index contributed by atoms with van der Waals surface area (Å²) in [6.45, 7) is 5.54. The lowest BCUT2D eigenvalue weighted by molar-refractivity contribution is 0.0577. The molecule has 25 heavy (non-hydrogen) atoms. The Morgan fingerprint density at radius 2 is 2.12 bits per heavy atom. The van der Waals surface area contributed by atoms with E-state index in [-0.39, 0.29) is 17.7 Å². The number of fused-ring (bicyclic) bond motifs is 1. The lowest BCUT2D eigenvalue weighted by Crippen LogP contribution is -2.43. The van der Waals surface area contributed by atoms with E-state index in [9.17, 15) is 9.90 Å². The summed E-state index contributed by atoms with van der Waals surface area (Å²) < 4.78 is 1.98. The van der Waals surface area contributed by atoms with Gasteiger partial charge in [0.2, 0.25) is 0 Å². The largest absolute Gasteiger partial charge is 0.506 e. The molecule has 0 aromatic carbocycles. The highest BCUT2D eigenvalue weighted by Gasteiger charge is 2.37. The molecule has 4 rings (SSSR count). The fourth-order valence-corrected chi connectivity index (χ4v) is 3.43. The quantitative estimate of drug-likeness (QED) is 0.923. The fourth-order valence-electron chi connectivity index (χ4n) is 3.43. The Kier molecular flexibility index (Phi) is 3.94. The predicted molar refractivity (Wildman–Crippen MR) is 91.1 cm³/mol. The van der Waals surface area contributed by atoms with Crippen LogP contribution >= 0.6 is 0 Å². The van der Waals surface area contributed by atoms with Crippen LogP contribution in [0.15, 0.2) is 18.5 Å². The van der Waals surface area contributed by atoms with Crippen LogP contribution in [0.2, 0.25) is 0 Å². The molecule has 1 fully saturated rings.